The molecule has 1 unspecified atom stereocenters. The van der Waals surface area contributed by atoms with Crippen molar-refractivity contribution < 1.29 is 18.7 Å². The highest BCUT2D eigenvalue weighted by molar-refractivity contribution is 6.32. The van der Waals surface area contributed by atoms with E-state index in [1.807, 2.05) is 6.07 Å². The fourth-order valence-corrected chi connectivity index (χ4v) is 3.21. The van der Waals surface area contributed by atoms with Crippen molar-refractivity contribution in [2.75, 3.05) is 7.11 Å². The summed E-state index contributed by atoms with van der Waals surface area (Å²) in [6.45, 7) is 2.09. The molecule has 0 saturated carbocycles. The minimum atomic E-state index is -0.990. The van der Waals surface area contributed by atoms with Crippen LogP contribution in [0.2, 0.25) is 5.02 Å². The van der Waals surface area contributed by atoms with Gasteiger partial charge in [0.1, 0.15) is 11.3 Å². The molecule has 1 aromatic heterocycles. The zero-order valence-electron chi connectivity index (χ0n) is 15.7. The number of rotatable bonds is 7. The molecule has 2 aromatic carbocycles. The van der Waals surface area contributed by atoms with Crippen molar-refractivity contribution in [3.05, 3.63) is 75.1 Å². The number of carbonyl (C=O) groups is 1. The summed E-state index contributed by atoms with van der Waals surface area (Å²) in [6, 6.07) is 13.7. The van der Waals surface area contributed by atoms with E-state index < -0.39 is 17.7 Å². The van der Waals surface area contributed by atoms with Gasteiger partial charge in [-0.15, -0.1) is 0 Å². The number of aryl methyl sites for hydroxylation is 1. The van der Waals surface area contributed by atoms with Crippen molar-refractivity contribution in [1.29, 1.82) is 0 Å². The molecule has 0 fully saturated rings. The van der Waals surface area contributed by atoms with Crippen LogP contribution in [0.4, 0.5) is 0 Å². The second-order valence-corrected chi connectivity index (χ2v) is 6.81. The SMILES string of the molecule is CCCCc1cc(=O)oc2cc(OC(C(=O)OC)c3ccccc3)c(Cl)cc12. The van der Waals surface area contributed by atoms with E-state index in [1.54, 1.807) is 36.4 Å². The minimum Gasteiger partial charge on any atom is -0.472 e. The zero-order chi connectivity index (χ0) is 20.1. The Morgan fingerprint density at radius 2 is 1.93 bits per heavy atom. The summed E-state index contributed by atoms with van der Waals surface area (Å²) < 4.78 is 16.1. The van der Waals surface area contributed by atoms with E-state index in [-0.39, 0.29) is 5.75 Å². The predicted octanol–water partition coefficient (Wildman–Crippen LogP) is 5.08. The first kappa shape index (κ1) is 20.0. The molecule has 0 N–H and O–H groups in total. The van der Waals surface area contributed by atoms with Crippen LogP contribution in [0.5, 0.6) is 5.75 Å². The molecule has 0 spiro atoms. The molecule has 28 heavy (non-hydrogen) atoms. The summed E-state index contributed by atoms with van der Waals surface area (Å²) in [6.07, 6.45) is 1.72. The Balaban J connectivity index is 2.03. The molecule has 3 rings (SSSR count). The molecule has 1 heterocycles. The lowest BCUT2D eigenvalue weighted by atomic mass is 10.0. The lowest BCUT2D eigenvalue weighted by Gasteiger charge is -2.18. The largest absolute Gasteiger partial charge is 0.472 e. The van der Waals surface area contributed by atoms with E-state index in [1.165, 1.54) is 13.2 Å². The zero-order valence-corrected chi connectivity index (χ0v) is 16.5. The van der Waals surface area contributed by atoms with Crippen LogP contribution in [0.25, 0.3) is 11.0 Å². The fraction of sp³-hybridized carbons (Fsp3) is 0.273. The molecule has 3 aromatic rings. The van der Waals surface area contributed by atoms with Gasteiger partial charge in [0, 0.05) is 23.1 Å². The number of halogens is 1. The number of benzene rings is 2. The third-order valence-electron chi connectivity index (χ3n) is 4.44. The van der Waals surface area contributed by atoms with E-state index in [9.17, 15) is 9.59 Å². The van der Waals surface area contributed by atoms with E-state index in [0.717, 1.165) is 30.2 Å². The van der Waals surface area contributed by atoms with E-state index in [0.29, 0.717) is 16.2 Å². The fourth-order valence-electron chi connectivity index (χ4n) is 3.01. The van der Waals surface area contributed by atoms with Gasteiger partial charge < -0.3 is 13.9 Å². The second kappa shape index (κ2) is 8.93. The Morgan fingerprint density at radius 3 is 2.61 bits per heavy atom. The first-order valence-electron chi connectivity index (χ1n) is 9.09. The number of hydrogen-bond donors (Lipinski definition) is 0. The summed E-state index contributed by atoms with van der Waals surface area (Å²) in [5, 5.41) is 1.09. The molecule has 0 aliphatic heterocycles. The van der Waals surface area contributed by atoms with Gasteiger partial charge in [-0.05, 0) is 24.5 Å². The molecular formula is C22H21ClO5. The van der Waals surface area contributed by atoms with Crippen LogP contribution >= 0.6 is 11.6 Å². The quantitative estimate of drug-likeness (QED) is 0.408. The van der Waals surface area contributed by atoms with Crippen LogP contribution in [-0.4, -0.2) is 13.1 Å². The Morgan fingerprint density at radius 1 is 1.18 bits per heavy atom. The minimum absolute atomic E-state index is 0.240. The number of fused-ring (bicyclic) bond motifs is 1. The second-order valence-electron chi connectivity index (χ2n) is 6.40. The third-order valence-corrected chi connectivity index (χ3v) is 4.74. The van der Waals surface area contributed by atoms with Crippen LogP contribution in [0.1, 0.15) is 37.0 Å². The lowest BCUT2D eigenvalue weighted by molar-refractivity contribution is -0.149. The molecule has 5 nitrogen and oxygen atoms in total. The third kappa shape index (κ3) is 4.37. The summed E-state index contributed by atoms with van der Waals surface area (Å²) >= 11 is 6.43. The average Bonchev–Trinajstić information content (AvgIpc) is 2.71. The number of carbonyl (C=O) groups excluding carboxylic acids is 1. The van der Waals surface area contributed by atoms with Crippen molar-refractivity contribution in [2.24, 2.45) is 0 Å². The topological polar surface area (TPSA) is 65.7 Å². The van der Waals surface area contributed by atoms with Crippen LogP contribution in [0.15, 0.2) is 57.7 Å². The number of hydrogen-bond acceptors (Lipinski definition) is 5. The van der Waals surface area contributed by atoms with Gasteiger partial charge >= 0.3 is 11.6 Å². The van der Waals surface area contributed by atoms with Gasteiger partial charge in [0.05, 0.1) is 12.1 Å². The summed E-state index contributed by atoms with van der Waals surface area (Å²) in [5.41, 5.74) is 1.45. The van der Waals surface area contributed by atoms with Gasteiger partial charge in [0.2, 0.25) is 6.10 Å². The highest BCUT2D eigenvalue weighted by Crippen LogP contribution is 2.34. The lowest BCUT2D eigenvalue weighted by Crippen LogP contribution is -2.20. The normalized spacial score (nSPS) is 12.0. The number of esters is 1. The molecule has 0 saturated heterocycles. The molecule has 0 aliphatic rings. The number of unbranched alkanes of at least 4 members (excludes halogenated alkanes) is 1. The Bertz CT molecular complexity index is 1030. The molecule has 1 atom stereocenters. The first-order valence-corrected chi connectivity index (χ1v) is 9.47. The smallest absolute Gasteiger partial charge is 0.351 e. The molecule has 0 bridgehead atoms. The van der Waals surface area contributed by atoms with Crippen LogP contribution < -0.4 is 10.4 Å². The standard InChI is InChI=1S/C22H21ClO5/c1-3-4-8-15-11-20(24)27-18-13-19(17(23)12-16(15)18)28-21(22(25)26-2)14-9-6-5-7-10-14/h5-7,9-13,21H,3-4,8H2,1-2H3. The molecule has 6 heteroatoms. The maximum absolute atomic E-state index is 12.3. The Hall–Kier alpha value is -2.79. The van der Waals surface area contributed by atoms with Crippen LogP contribution in [-0.2, 0) is 16.0 Å². The average molecular weight is 401 g/mol. The Kier molecular flexibility index (Phi) is 6.37. The van der Waals surface area contributed by atoms with Crippen molar-refractivity contribution >= 4 is 28.5 Å². The van der Waals surface area contributed by atoms with E-state index in [4.69, 9.17) is 25.5 Å². The highest BCUT2D eigenvalue weighted by atomic mass is 35.5. The maximum Gasteiger partial charge on any atom is 0.351 e. The van der Waals surface area contributed by atoms with Gasteiger partial charge in [-0.3, -0.25) is 0 Å². The molecule has 0 amide bonds. The summed E-state index contributed by atoms with van der Waals surface area (Å²) in [5.74, 6) is -0.315. The highest BCUT2D eigenvalue weighted by Gasteiger charge is 2.25. The molecule has 146 valence electrons. The van der Waals surface area contributed by atoms with Gasteiger partial charge in [0.15, 0.2) is 0 Å². The molecule has 0 aliphatic carbocycles. The molecule has 0 radical (unpaired) electrons. The number of ether oxygens (including phenoxy) is 2. The van der Waals surface area contributed by atoms with Gasteiger partial charge in [0.25, 0.3) is 0 Å². The first-order chi connectivity index (χ1) is 13.5. The van der Waals surface area contributed by atoms with E-state index in [2.05, 4.69) is 6.92 Å². The van der Waals surface area contributed by atoms with Gasteiger partial charge in [-0.25, -0.2) is 9.59 Å². The maximum atomic E-state index is 12.3. The van der Waals surface area contributed by atoms with Crippen LogP contribution in [0, 0.1) is 0 Å². The Labute approximate surface area is 167 Å². The molecular weight excluding hydrogens is 380 g/mol. The van der Waals surface area contributed by atoms with Crippen LogP contribution in [0.3, 0.4) is 0 Å². The van der Waals surface area contributed by atoms with Gasteiger partial charge in [-0.1, -0.05) is 55.3 Å². The van der Waals surface area contributed by atoms with Crippen molar-refractivity contribution in [3.8, 4) is 5.75 Å². The summed E-state index contributed by atoms with van der Waals surface area (Å²) in [7, 11) is 1.29. The monoisotopic (exact) mass is 400 g/mol. The summed E-state index contributed by atoms with van der Waals surface area (Å²) in [4.78, 5) is 24.2. The van der Waals surface area contributed by atoms with Crippen molar-refractivity contribution in [2.45, 2.75) is 32.3 Å². The van der Waals surface area contributed by atoms with Gasteiger partial charge in [-0.2, -0.15) is 0 Å². The van der Waals surface area contributed by atoms with Crippen molar-refractivity contribution in [3.63, 3.8) is 0 Å². The van der Waals surface area contributed by atoms with Crippen molar-refractivity contribution in [1.82, 2.24) is 0 Å². The predicted molar refractivity (Wildman–Crippen MR) is 108 cm³/mol. The number of methoxy groups -OCH3 is 1. The van der Waals surface area contributed by atoms with E-state index >= 15 is 0 Å².